The largest absolute Gasteiger partial charge is 0.317 e. The molecule has 0 bridgehead atoms. The summed E-state index contributed by atoms with van der Waals surface area (Å²) in [6.07, 6.45) is 0.608. The molecule has 0 aliphatic carbocycles. The lowest BCUT2D eigenvalue weighted by atomic mass is 10.1. The first-order valence-corrected chi connectivity index (χ1v) is 8.44. The Bertz CT molecular complexity index is 474. The van der Waals surface area contributed by atoms with Crippen LogP contribution in [0.2, 0.25) is 5.02 Å². The fourth-order valence-corrected chi connectivity index (χ4v) is 3.15. The number of hydrogen-bond donors (Lipinski definition) is 2. The van der Waals surface area contributed by atoms with Crippen molar-refractivity contribution in [2.75, 3.05) is 18.8 Å². The quantitative estimate of drug-likeness (QED) is 0.725. The zero-order chi connectivity index (χ0) is 14.3. The van der Waals surface area contributed by atoms with Gasteiger partial charge in [-0.05, 0) is 44.1 Å². The molecule has 0 aromatic heterocycles. The zero-order valence-electron chi connectivity index (χ0n) is 11.3. The first kappa shape index (κ1) is 16.4. The van der Waals surface area contributed by atoms with Crippen molar-refractivity contribution >= 4 is 21.6 Å². The van der Waals surface area contributed by atoms with E-state index in [1.807, 2.05) is 26.0 Å². The van der Waals surface area contributed by atoms with Gasteiger partial charge in [-0.25, -0.2) is 13.1 Å². The molecule has 0 heterocycles. The Morgan fingerprint density at radius 1 is 1.26 bits per heavy atom. The SMILES string of the molecule is CCNCCCS(=O)(=O)NC(C)c1ccc(Cl)cc1. The summed E-state index contributed by atoms with van der Waals surface area (Å²) in [5.74, 6) is 0.137. The van der Waals surface area contributed by atoms with Gasteiger partial charge in [0.15, 0.2) is 0 Å². The molecule has 1 aromatic rings. The molecule has 1 rings (SSSR count). The highest BCUT2D eigenvalue weighted by molar-refractivity contribution is 7.89. The molecular weight excluding hydrogens is 284 g/mol. The van der Waals surface area contributed by atoms with Crippen molar-refractivity contribution in [2.24, 2.45) is 0 Å². The summed E-state index contributed by atoms with van der Waals surface area (Å²) >= 11 is 5.80. The van der Waals surface area contributed by atoms with Gasteiger partial charge in [0.1, 0.15) is 0 Å². The van der Waals surface area contributed by atoms with E-state index < -0.39 is 10.0 Å². The average Bonchev–Trinajstić information content (AvgIpc) is 2.35. The van der Waals surface area contributed by atoms with Gasteiger partial charge in [0.25, 0.3) is 0 Å². The molecule has 0 amide bonds. The van der Waals surface area contributed by atoms with Crippen molar-refractivity contribution in [3.05, 3.63) is 34.9 Å². The number of benzene rings is 1. The van der Waals surface area contributed by atoms with Crippen molar-refractivity contribution in [3.63, 3.8) is 0 Å². The summed E-state index contributed by atoms with van der Waals surface area (Å²) < 4.78 is 26.4. The molecule has 1 atom stereocenters. The van der Waals surface area contributed by atoms with Crippen LogP contribution < -0.4 is 10.0 Å². The summed E-state index contributed by atoms with van der Waals surface area (Å²) in [4.78, 5) is 0. The Balaban J connectivity index is 2.50. The minimum absolute atomic E-state index is 0.137. The maximum absolute atomic E-state index is 11.9. The van der Waals surface area contributed by atoms with Crippen LogP contribution in [0.1, 0.15) is 31.9 Å². The van der Waals surface area contributed by atoms with E-state index in [-0.39, 0.29) is 11.8 Å². The second kappa shape index (κ2) is 7.85. The van der Waals surface area contributed by atoms with E-state index in [0.717, 1.165) is 12.1 Å². The molecule has 6 heteroatoms. The Kier molecular flexibility index (Phi) is 6.79. The van der Waals surface area contributed by atoms with Crippen LogP contribution in [0.4, 0.5) is 0 Å². The molecule has 4 nitrogen and oxygen atoms in total. The molecule has 1 unspecified atom stereocenters. The lowest BCUT2D eigenvalue weighted by molar-refractivity contribution is 0.562. The van der Waals surface area contributed by atoms with Gasteiger partial charge >= 0.3 is 0 Å². The van der Waals surface area contributed by atoms with Crippen molar-refractivity contribution in [1.82, 2.24) is 10.0 Å². The van der Waals surface area contributed by atoms with Crippen LogP contribution in [0.5, 0.6) is 0 Å². The highest BCUT2D eigenvalue weighted by Gasteiger charge is 2.15. The number of halogens is 1. The molecule has 0 saturated carbocycles. The van der Waals surface area contributed by atoms with Crippen molar-refractivity contribution < 1.29 is 8.42 Å². The molecule has 0 aliphatic heterocycles. The molecule has 0 fully saturated rings. The number of sulfonamides is 1. The topological polar surface area (TPSA) is 58.2 Å². The highest BCUT2D eigenvalue weighted by atomic mass is 35.5. The smallest absolute Gasteiger partial charge is 0.212 e. The normalized spacial score (nSPS) is 13.4. The van der Waals surface area contributed by atoms with E-state index in [1.165, 1.54) is 0 Å². The second-order valence-electron chi connectivity index (χ2n) is 4.42. The van der Waals surface area contributed by atoms with Gasteiger partial charge in [-0.15, -0.1) is 0 Å². The highest BCUT2D eigenvalue weighted by Crippen LogP contribution is 2.16. The first-order valence-electron chi connectivity index (χ1n) is 6.41. The lowest BCUT2D eigenvalue weighted by Crippen LogP contribution is -2.30. The Morgan fingerprint density at radius 2 is 1.89 bits per heavy atom. The lowest BCUT2D eigenvalue weighted by Gasteiger charge is -2.14. The molecule has 0 saturated heterocycles. The maximum atomic E-state index is 11.9. The Hall–Kier alpha value is -0.620. The van der Waals surface area contributed by atoms with E-state index in [0.29, 0.717) is 18.0 Å². The molecule has 2 N–H and O–H groups in total. The number of nitrogens with one attached hydrogen (secondary N) is 2. The van der Waals surface area contributed by atoms with Gasteiger partial charge in [-0.2, -0.15) is 0 Å². The summed E-state index contributed by atoms with van der Waals surface area (Å²) in [7, 11) is -3.24. The monoisotopic (exact) mass is 304 g/mol. The van der Waals surface area contributed by atoms with E-state index in [2.05, 4.69) is 10.0 Å². The molecular formula is C13H21ClN2O2S. The molecule has 0 radical (unpaired) electrons. The van der Waals surface area contributed by atoms with Crippen LogP contribution in [-0.4, -0.2) is 27.3 Å². The standard InChI is InChI=1S/C13H21ClN2O2S/c1-3-15-9-4-10-19(17,18)16-11(2)12-5-7-13(14)8-6-12/h5-8,11,15-16H,3-4,9-10H2,1-2H3. The molecule has 19 heavy (non-hydrogen) atoms. The fourth-order valence-electron chi connectivity index (χ4n) is 1.71. The molecule has 0 aliphatic rings. The third kappa shape index (κ3) is 6.38. The van der Waals surface area contributed by atoms with Gasteiger partial charge in [-0.1, -0.05) is 30.7 Å². The van der Waals surface area contributed by atoms with Gasteiger partial charge in [-0.3, -0.25) is 0 Å². The number of hydrogen-bond acceptors (Lipinski definition) is 3. The molecule has 0 spiro atoms. The second-order valence-corrected chi connectivity index (χ2v) is 6.73. The zero-order valence-corrected chi connectivity index (χ0v) is 12.9. The predicted octanol–water partition coefficient (Wildman–Crippen LogP) is 2.32. The summed E-state index contributed by atoms with van der Waals surface area (Å²) in [6.45, 7) is 5.39. The van der Waals surface area contributed by atoms with Crippen molar-refractivity contribution in [2.45, 2.75) is 26.3 Å². The van der Waals surface area contributed by atoms with Crippen LogP contribution in [-0.2, 0) is 10.0 Å². The van der Waals surface area contributed by atoms with Crippen LogP contribution in [0.3, 0.4) is 0 Å². The Morgan fingerprint density at radius 3 is 2.47 bits per heavy atom. The summed E-state index contributed by atoms with van der Waals surface area (Å²) in [6, 6.07) is 6.92. The minimum atomic E-state index is -3.24. The Labute approximate surface area is 120 Å². The van der Waals surface area contributed by atoms with Gasteiger partial charge < -0.3 is 5.32 Å². The first-order chi connectivity index (χ1) is 8.94. The van der Waals surface area contributed by atoms with E-state index >= 15 is 0 Å². The fraction of sp³-hybridized carbons (Fsp3) is 0.538. The van der Waals surface area contributed by atoms with Crippen LogP contribution in [0.25, 0.3) is 0 Å². The van der Waals surface area contributed by atoms with Gasteiger partial charge in [0.2, 0.25) is 10.0 Å². The molecule has 1 aromatic carbocycles. The maximum Gasteiger partial charge on any atom is 0.212 e. The average molecular weight is 305 g/mol. The van der Waals surface area contributed by atoms with Crippen LogP contribution in [0.15, 0.2) is 24.3 Å². The van der Waals surface area contributed by atoms with Crippen LogP contribution in [0, 0.1) is 0 Å². The summed E-state index contributed by atoms with van der Waals surface area (Å²) in [5, 5.41) is 3.75. The van der Waals surface area contributed by atoms with E-state index in [4.69, 9.17) is 11.6 Å². The minimum Gasteiger partial charge on any atom is -0.317 e. The van der Waals surface area contributed by atoms with Crippen molar-refractivity contribution in [1.29, 1.82) is 0 Å². The van der Waals surface area contributed by atoms with E-state index in [9.17, 15) is 8.42 Å². The number of rotatable bonds is 8. The van der Waals surface area contributed by atoms with Gasteiger partial charge in [0, 0.05) is 11.1 Å². The predicted molar refractivity (Wildman–Crippen MR) is 80.0 cm³/mol. The molecule has 108 valence electrons. The van der Waals surface area contributed by atoms with Gasteiger partial charge in [0.05, 0.1) is 5.75 Å². The van der Waals surface area contributed by atoms with Crippen LogP contribution >= 0.6 is 11.6 Å². The van der Waals surface area contributed by atoms with E-state index in [1.54, 1.807) is 12.1 Å². The van der Waals surface area contributed by atoms with Crippen molar-refractivity contribution in [3.8, 4) is 0 Å². The third-order valence-electron chi connectivity index (χ3n) is 2.74. The third-order valence-corrected chi connectivity index (χ3v) is 4.53. The summed E-state index contributed by atoms with van der Waals surface area (Å²) in [5.41, 5.74) is 0.902.